The highest BCUT2D eigenvalue weighted by Crippen LogP contribution is 2.22. The van der Waals surface area contributed by atoms with E-state index in [0.717, 1.165) is 62.7 Å². The molecule has 0 unspecified atom stereocenters. The van der Waals surface area contributed by atoms with Gasteiger partial charge < -0.3 is 20.3 Å². The molecule has 1 aromatic carbocycles. The van der Waals surface area contributed by atoms with Crippen molar-refractivity contribution in [1.82, 2.24) is 20.7 Å². The van der Waals surface area contributed by atoms with Gasteiger partial charge in [-0.2, -0.15) is 0 Å². The van der Waals surface area contributed by atoms with Crippen LogP contribution in [-0.2, 0) is 19.6 Å². The Kier molecular flexibility index (Phi) is 11.5. The van der Waals surface area contributed by atoms with Crippen molar-refractivity contribution in [1.29, 1.82) is 0 Å². The summed E-state index contributed by atoms with van der Waals surface area (Å²) in [5.74, 6) is 2.01. The number of nitrogens with zero attached hydrogens (tertiary/aromatic N) is 3. The molecule has 7 nitrogen and oxygen atoms in total. The van der Waals surface area contributed by atoms with Crippen molar-refractivity contribution in [2.75, 3.05) is 20.1 Å². The molecule has 0 saturated carbocycles. The topological polar surface area (TPSA) is 85.9 Å². The fourth-order valence-corrected chi connectivity index (χ4v) is 3.99. The first kappa shape index (κ1) is 26.6. The summed E-state index contributed by atoms with van der Waals surface area (Å²) in [5, 5.41) is 20.5. The summed E-state index contributed by atoms with van der Waals surface area (Å²) in [6.45, 7) is 8.49. The van der Waals surface area contributed by atoms with Crippen LogP contribution < -0.4 is 10.6 Å². The Morgan fingerprint density at radius 2 is 1.75 bits per heavy atom. The van der Waals surface area contributed by atoms with Crippen molar-refractivity contribution in [3.63, 3.8) is 0 Å². The number of aliphatic hydroxyl groups is 1. The van der Waals surface area contributed by atoms with E-state index >= 15 is 0 Å². The van der Waals surface area contributed by atoms with Crippen molar-refractivity contribution >= 4 is 29.9 Å². The normalized spacial score (nSPS) is 15.6. The Labute approximate surface area is 209 Å². The fourth-order valence-electron chi connectivity index (χ4n) is 3.99. The summed E-state index contributed by atoms with van der Waals surface area (Å²) in [6.07, 6.45) is 3.77. The molecular formula is C24H38IN5O2. The molecule has 8 heteroatoms. The molecule has 1 aliphatic heterocycles. The van der Waals surface area contributed by atoms with Crippen molar-refractivity contribution in [2.45, 2.75) is 71.2 Å². The number of likely N-dealkylation sites (tertiary alicyclic amines) is 1. The molecule has 0 radical (unpaired) electrons. The molecule has 0 aliphatic carbocycles. The fraction of sp³-hybridized carbons (Fsp3) is 0.583. The predicted octanol–water partition coefficient (Wildman–Crippen LogP) is 4.02. The Bertz CT molecular complexity index is 812. The molecule has 1 aliphatic rings. The molecule has 3 N–H and O–H groups in total. The van der Waals surface area contributed by atoms with Gasteiger partial charge in [0.15, 0.2) is 11.7 Å². The number of hydrogen-bond donors (Lipinski definition) is 3. The number of rotatable bonds is 9. The minimum Gasteiger partial charge on any atom is -0.393 e. The summed E-state index contributed by atoms with van der Waals surface area (Å²) in [5.41, 5.74) is 3.54. The van der Waals surface area contributed by atoms with Crippen LogP contribution in [-0.4, -0.2) is 47.4 Å². The summed E-state index contributed by atoms with van der Waals surface area (Å²) in [7, 11) is 1.77. The van der Waals surface area contributed by atoms with E-state index in [1.807, 2.05) is 6.07 Å². The molecule has 2 aromatic rings. The van der Waals surface area contributed by atoms with Gasteiger partial charge in [-0.15, -0.1) is 24.0 Å². The van der Waals surface area contributed by atoms with Gasteiger partial charge in [0.2, 0.25) is 0 Å². The van der Waals surface area contributed by atoms with Gasteiger partial charge in [0, 0.05) is 45.2 Å². The Morgan fingerprint density at radius 3 is 2.38 bits per heavy atom. The van der Waals surface area contributed by atoms with Crippen LogP contribution in [0.15, 0.2) is 39.8 Å². The SMILES string of the molecule is CCC(CC)c1cc(CNC(=NC)NCc2ccc(CN3CCC(O)CC3)cc2)on1.I. The zero-order valence-corrected chi connectivity index (χ0v) is 21.8. The van der Waals surface area contributed by atoms with Crippen LogP contribution in [0.2, 0.25) is 0 Å². The monoisotopic (exact) mass is 555 g/mol. The number of hydrogen-bond acceptors (Lipinski definition) is 5. The highest BCUT2D eigenvalue weighted by atomic mass is 127. The van der Waals surface area contributed by atoms with E-state index in [0.29, 0.717) is 19.0 Å². The zero-order valence-electron chi connectivity index (χ0n) is 19.5. The van der Waals surface area contributed by atoms with Gasteiger partial charge in [0.25, 0.3) is 0 Å². The molecule has 1 aromatic heterocycles. The van der Waals surface area contributed by atoms with Crippen molar-refractivity contribution in [3.8, 4) is 0 Å². The van der Waals surface area contributed by atoms with E-state index in [2.05, 4.69) is 63.8 Å². The second kappa shape index (κ2) is 13.8. The molecule has 32 heavy (non-hydrogen) atoms. The smallest absolute Gasteiger partial charge is 0.191 e. The van der Waals surface area contributed by atoms with Gasteiger partial charge in [-0.3, -0.25) is 9.89 Å². The standard InChI is InChI=1S/C24H37N5O2.HI/c1-4-20(5-2)23-14-22(31-28-23)16-27-24(25-3)26-15-18-6-8-19(9-7-18)17-29-12-10-21(30)11-13-29;/h6-9,14,20-21,30H,4-5,10-13,15-17H2,1-3H3,(H2,25,26,27);1H. The third-order valence-electron chi connectivity index (χ3n) is 6.08. The van der Waals surface area contributed by atoms with E-state index in [1.54, 1.807) is 7.05 Å². The van der Waals surface area contributed by atoms with Gasteiger partial charge in [-0.05, 0) is 36.8 Å². The van der Waals surface area contributed by atoms with E-state index in [4.69, 9.17) is 4.52 Å². The average molecular weight is 556 g/mol. The summed E-state index contributed by atoms with van der Waals surface area (Å²) in [6, 6.07) is 10.7. The third-order valence-corrected chi connectivity index (χ3v) is 6.08. The molecule has 0 amide bonds. The summed E-state index contributed by atoms with van der Waals surface area (Å²) >= 11 is 0. The van der Waals surface area contributed by atoms with Gasteiger partial charge in [0.1, 0.15) is 0 Å². The molecule has 0 spiro atoms. The first-order valence-corrected chi connectivity index (χ1v) is 11.5. The van der Waals surface area contributed by atoms with Crippen LogP contribution in [0.25, 0.3) is 0 Å². The molecule has 2 heterocycles. The van der Waals surface area contributed by atoms with Gasteiger partial charge >= 0.3 is 0 Å². The Balaban J connectivity index is 0.00000363. The number of aromatic nitrogens is 1. The molecular weight excluding hydrogens is 517 g/mol. The minimum atomic E-state index is -0.122. The summed E-state index contributed by atoms with van der Waals surface area (Å²) < 4.78 is 5.48. The highest BCUT2D eigenvalue weighted by Gasteiger charge is 2.17. The number of aliphatic hydroxyl groups excluding tert-OH is 1. The maximum absolute atomic E-state index is 9.64. The second-order valence-corrected chi connectivity index (χ2v) is 8.33. The molecule has 178 valence electrons. The van der Waals surface area contributed by atoms with Crippen LogP contribution in [0.4, 0.5) is 0 Å². The maximum atomic E-state index is 9.64. The van der Waals surface area contributed by atoms with Crippen LogP contribution in [0.3, 0.4) is 0 Å². The minimum absolute atomic E-state index is 0. The van der Waals surface area contributed by atoms with Crippen LogP contribution in [0.5, 0.6) is 0 Å². The molecule has 3 rings (SSSR count). The Hall–Kier alpha value is -1.65. The lowest BCUT2D eigenvalue weighted by molar-refractivity contribution is 0.0792. The highest BCUT2D eigenvalue weighted by molar-refractivity contribution is 14.0. The van der Waals surface area contributed by atoms with Crippen molar-refractivity contribution in [3.05, 3.63) is 52.9 Å². The quantitative estimate of drug-likeness (QED) is 0.246. The van der Waals surface area contributed by atoms with Gasteiger partial charge in [-0.25, -0.2) is 0 Å². The third kappa shape index (κ3) is 8.04. The number of aliphatic imine (C=N–C) groups is 1. The first-order valence-electron chi connectivity index (χ1n) is 11.5. The number of piperidine rings is 1. The van der Waals surface area contributed by atoms with Crippen molar-refractivity contribution in [2.24, 2.45) is 4.99 Å². The maximum Gasteiger partial charge on any atom is 0.191 e. The average Bonchev–Trinajstić information content (AvgIpc) is 3.26. The molecule has 0 atom stereocenters. The summed E-state index contributed by atoms with van der Waals surface area (Å²) in [4.78, 5) is 6.71. The van der Waals surface area contributed by atoms with E-state index in [9.17, 15) is 5.11 Å². The molecule has 0 bridgehead atoms. The lowest BCUT2D eigenvalue weighted by Crippen LogP contribution is -2.36. The number of halogens is 1. The van der Waals surface area contributed by atoms with Crippen LogP contribution in [0, 0.1) is 0 Å². The first-order chi connectivity index (χ1) is 15.1. The Morgan fingerprint density at radius 1 is 1.12 bits per heavy atom. The lowest BCUT2D eigenvalue weighted by atomic mass is 9.99. The number of nitrogens with one attached hydrogen (secondary N) is 2. The van der Waals surface area contributed by atoms with Crippen molar-refractivity contribution < 1.29 is 9.63 Å². The number of benzene rings is 1. The lowest BCUT2D eigenvalue weighted by Gasteiger charge is -2.29. The zero-order chi connectivity index (χ0) is 22.1. The van der Waals surface area contributed by atoms with E-state index in [-0.39, 0.29) is 30.1 Å². The molecule has 1 fully saturated rings. The largest absolute Gasteiger partial charge is 0.393 e. The van der Waals surface area contributed by atoms with Crippen LogP contribution in [0.1, 0.15) is 68.0 Å². The van der Waals surface area contributed by atoms with Gasteiger partial charge in [-0.1, -0.05) is 43.3 Å². The molecule has 1 saturated heterocycles. The van der Waals surface area contributed by atoms with Crippen LogP contribution >= 0.6 is 24.0 Å². The number of guanidine groups is 1. The van der Waals surface area contributed by atoms with E-state index < -0.39 is 0 Å². The van der Waals surface area contributed by atoms with Gasteiger partial charge in [0.05, 0.1) is 18.3 Å². The van der Waals surface area contributed by atoms with E-state index in [1.165, 1.54) is 11.1 Å². The second-order valence-electron chi connectivity index (χ2n) is 8.33. The predicted molar refractivity (Wildman–Crippen MR) is 139 cm³/mol.